The average molecular weight is 193 g/mol. The van der Waals surface area contributed by atoms with Crippen LogP contribution in [0.15, 0.2) is 24.4 Å². The number of nitrogens with zero attached hydrogens (tertiary/aromatic N) is 1. The highest BCUT2D eigenvalue weighted by Crippen LogP contribution is 2.24. The molecule has 72 valence electrons. The zero-order valence-electron chi connectivity index (χ0n) is 7.53. The van der Waals surface area contributed by atoms with Crippen LogP contribution in [0.5, 0.6) is 5.75 Å². The minimum atomic E-state index is 0.321. The Morgan fingerprint density at radius 2 is 2.29 bits per heavy atom. The van der Waals surface area contributed by atoms with Gasteiger partial charge in [0.05, 0.1) is 12.6 Å². The maximum atomic E-state index is 13.1. The van der Waals surface area contributed by atoms with Gasteiger partial charge in [-0.15, -0.1) is 0 Å². The first-order chi connectivity index (χ1) is 6.76. The lowest BCUT2D eigenvalue weighted by atomic mass is 10.2. The van der Waals surface area contributed by atoms with Crippen LogP contribution in [0.4, 0.5) is 4.48 Å². The van der Waals surface area contributed by atoms with Crippen LogP contribution in [0.3, 0.4) is 0 Å². The molecule has 3 nitrogen and oxygen atoms in total. The van der Waals surface area contributed by atoms with E-state index in [2.05, 4.69) is 0 Å². The van der Waals surface area contributed by atoms with Crippen LogP contribution in [0.1, 0.15) is 10.4 Å². The van der Waals surface area contributed by atoms with E-state index in [1.807, 2.05) is 0 Å². The van der Waals surface area contributed by atoms with Gasteiger partial charge in [-0.05, 0) is 18.2 Å². The molecular weight excluding hydrogens is 185 g/mol. The summed E-state index contributed by atoms with van der Waals surface area (Å²) in [5, 5.41) is 0.557. The number of benzene rings is 1. The van der Waals surface area contributed by atoms with Gasteiger partial charge in [-0.3, -0.25) is 4.79 Å². The first-order valence-corrected chi connectivity index (χ1v) is 4.06. The maximum Gasteiger partial charge on any atom is 0.152 e. The summed E-state index contributed by atoms with van der Waals surface area (Å²) in [6, 6.07) is 4.85. The molecule has 0 bridgehead atoms. The van der Waals surface area contributed by atoms with Crippen molar-refractivity contribution in [1.29, 1.82) is 0 Å². The van der Waals surface area contributed by atoms with Crippen LogP contribution in [0, 0.1) is 0 Å². The summed E-state index contributed by atoms with van der Waals surface area (Å²) >= 11 is 0. The number of hydrogen-bond donors (Lipinski definition) is 0. The van der Waals surface area contributed by atoms with E-state index in [9.17, 15) is 9.28 Å². The van der Waals surface area contributed by atoms with Crippen molar-refractivity contribution in [3.63, 3.8) is 0 Å². The molecular formula is C10H8FNO2. The number of methoxy groups -OCH3 is 1. The number of rotatable bonds is 2. The molecule has 0 unspecified atom stereocenters. The summed E-state index contributed by atoms with van der Waals surface area (Å²) < 4.78 is 18.1. The van der Waals surface area contributed by atoms with Gasteiger partial charge in [0.2, 0.25) is 0 Å². The van der Waals surface area contributed by atoms with Gasteiger partial charge in [-0.25, -0.2) is 0 Å². The van der Waals surface area contributed by atoms with Crippen molar-refractivity contribution < 1.29 is 14.0 Å². The first kappa shape index (κ1) is 8.74. The summed E-state index contributed by atoms with van der Waals surface area (Å²) in [5.74, 6) is 0.604. The Kier molecular flexibility index (Phi) is 1.96. The predicted molar refractivity (Wildman–Crippen MR) is 50.4 cm³/mol. The lowest BCUT2D eigenvalue weighted by Crippen LogP contribution is -1.83. The molecule has 1 aromatic heterocycles. The van der Waals surface area contributed by atoms with Crippen LogP contribution >= 0.6 is 0 Å². The Bertz CT molecular complexity index is 490. The lowest BCUT2D eigenvalue weighted by molar-refractivity contribution is 0.112. The van der Waals surface area contributed by atoms with Gasteiger partial charge in [-0.2, -0.15) is 4.79 Å². The lowest BCUT2D eigenvalue weighted by Gasteiger charge is -1.99. The number of aldehydes is 1. The van der Waals surface area contributed by atoms with E-state index in [0.29, 0.717) is 33.3 Å². The second-order valence-electron chi connectivity index (χ2n) is 2.90. The van der Waals surface area contributed by atoms with Crippen molar-refractivity contribution in [2.75, 3.05) is 7.11 Å². The van der Waals surface area contributed by atoms with E-state index in [0.717, 1.165) is 6.20 Å². The fourth-order valence-corrected chi connectivity index (χ4v) is 1.41. The van der Waals surface area contributed by atoms with Gasteiger partial charge < -0.3 is 4.74 Å². The molecule has 14 heavy (non-hydrogen) atoms. The Morgan fingerprint density at radius 3 is 2.93 bits per heavy atom. The molecule has 1 aromatic carbocycles. The van der Waals surface area contributed by atoms with E-state index in [-0.39, 0.29) is 0 Å². The molecule has 0 atom stereocenters. The van der Waals surface area contributed by atoms with E-state index >= 15 is 0 Å². The van der Waals surface area contributed by atoms with Crippen molar-refractivity contribution in [2.24, 2.45) is 0 Å². The van der Waals surface area contributed by atoms with E-state index in [4.69, 9.17) is 4.74 Å². The monoisotopic (exact) mass is 193 g/mol. The van der Waals surface area contributed by atoms with Crippen LogP contribution < -0.4 is 4.74 Å². The average Bonchev–Trinajstić information content (AvgIpc) is 2.55. The maximum absolute atomic E-state index is 13.1. The molecule has 2 aromatic rings. The van der Waals surface area contributed by atoms with Gasteiger partial charge in [0.1, 0.15) is 5.75 Å². The zero-order chi connectivity index (χ0) is 10.1. The van der Waals surface area contributed by atoms with Gasteiger partial charge in [-0.1, -0.05) is 4.48 Å². The van der Waals surface area contributed by atoms with Gasteiger partial charge in [0, 0.05) is 17.1 Å². The van der Waals surface area contributed by atoms with Crippen molar-refractivity contribution in [3.05, 3.63) is 30.0 Å². The van der Waals surface area contributed by atoms with Gasteiger partial charge in [0.25, 0.3) is 0 Å². The summed E-state index contributed by atoms with van der Waals surface area (Å²) in [6.07, 6.45) is 1.77. The highest BCUT2D eigenvalue weighted by Gasteiger charge is 2.08. The SMILES string of the molecule is COc1ccc2c(c1)c(C=O)cn2F. The van der Waals surface area contributed by atoms with E-state index in [1.54, 1.807) is 18.2 Å². The van der Waals surface area contributed by atoms with Crippen LogP contribution in [-0.2, 0) is 0 Å². The molecule has 0 N–H and O–H groups in total. The topological polar surface area (TPSA) is 31.2 Å². The van der Waals surface area contributed by atoms with Crippen LogP contribution in [0.25, 0.3) is 10.9 Å². The fourth-order valence-electron chi connectivity index (χ4n) is 1.41. The van der Waals surface area contributed by atoms with Crippen molar-refractivity contribution in [2.45, 2.75) is 0 Å². The van der Waals surface area contributed by atoms with E-state index in [1.165, 1.54) is 7.11 Å². The Morgan fingerprint density at radius 1 is 1.50 bits per heavy atom. The molecule has 0 saturated heterocycles. The highest BCUT2D eigenvalue weighted by molar-refractivity contribution is 5.98. The second kappa shape index (κ2) is 3.14. The molecule has 4 heteroatoms. The number of fused-ring (bicyclic) bond motifs is 1. The number of halogens is 1. The fraction of sp³-hybridized carbons (Fsp3) is 0.100. The van der Waals surface area contributed by atoms with Crippen molar-refractivity contribution >= 4 is 17.2 Å². The minimum Gasteiger partial charge on any atom is -0.497 e. The van der Waals surface area contributed by atoms with E-state index < -0.39 is 0 Å². The predicted octanol–water partition coefficient (Wildman–Crippen LogP) is 2.20. The molecule has 1 heterocycles. The van der Waals surface area contributed by atoms with Crippen molar-refractivity contribution in [1.82, 2.24) is 4.79 Å². The highest BCUT2D eigenvalue weighted by atomic mass is 19.2. The Hall–Kier alpha value is -1.84. The zero-order valence-corrected chi connectivity index (χ0v) is 7.53. The molecule has 0 aliphatic rings. The first-order valence-electron chi connectivity index (χ1n) is 4.06. The Labute approximate surface area is 79.6 Å². The summed E-state index contributed by atoms with van der Waals surface area (Å²) in [7, 11) is 1.52. The molecule has 0 fully saturated rings. The summed E-state index contributed by atoms with van der Waals surface area (Å²) in [6.45, 7) is 0. The van der Waals surface area contributed by atoms with Crippen molar-refractivity contribution in [3.8, 4) is 5.75 Å². The quantitative estimate of drug-likeness (QED) is 0.684. The third-order valence-corrected chi connectivity index (χ3v) is 2.12. The van der Waals surface area contributed by atoms with Gasteiger partial charge >= 0.3 is 0 Å². The molecule has 0 amide bonds. The standard InChI is InChI=1S/C10H8FNO2/c1-14-8-2-3-10-9(4-8)7(6-13)5-12(10)11/h2-6H,1H3. The number of carbonyl (C=O) groups is 1. The number of aromatic nitrogens is 1. The third-order valence-electron chi connectivity index (χ3n) is 2.12. The molecule has 0 spiro atoms. The summed E-state index contributed by atoms with van der Waals surface area (Å²) in [4.78, 5) is 11.0. The van der Waals surface area contributed by atoms with Crippen LogP contribution in [0.2, 0.25) is 0 Å². The van der Waals surface area contributed by atoms with Gasteiger partial charge in [0.15, 0.2) is 6.29 Å². The Balaban J connectivity index is 2.77. The largest absolute Gasteiger partial charge is 0.497 e. The molecule has 0 aliphatic carbocycles. The smallest absolute Gasteiger partial charge is 0.152 e. The molecule has 0 aliphatic heterocycles. The molecule has 0 saturated carbocycles. The normalized spacial score (nSPS) is 10.4. The summed E-state index contributed by atoms with van der Waals surface area (Å²) in [5.41, 5.74) is 0.689. The number of carbonyl (C=O) groups excluding carboxylic acids is 1. The molecule has 0 radical (unpaired) electrons. The minimum absolute atomic E-state index is 0.321. The third kappa shape index (κ3) is 1.16. The number of ether oxygens (including phenoxy) is 1. The second-order valence-corrected chi connectivity index (χ2v) is 2.90. The number of hydrogen-bond acceptors (Lipinski definition) is 2. The molecule has 2 rings (SSSR count). The van der Waals surface area contributed by atoms with Crippen LogP contribution in [-0.4, -0.2) is 18.2 Å².